The molecule has 356 valence electrons. The SMILES string of the molecule is CCCCc1ccc(-c2cc(-c3ccccc3)cc(C3=CCC(CCCC)C=C3)c2N=C2SCCSC2N(C)c2c(-c3ccc(I)cc3)cc(-c3ccccc3)cc2-c2ccc(CCCC)cc2)cc1. The van der Waals surface area contributed by atoms with Crippen LogP contribution in [-0.2, 0) is 12.8 Å². The Labute approximate surface area is 441 Å². The van der Waals surface area contributed by atoms with Crippen LogP contribution < -0.4 is 4.90 Å². The number of unbranched alkanes of at least 4 members (excludes halogenated alkanes) is 3. The zero-order chi connectivity index (χ0) is 48.2. The number of aryl methyl sites for hydroxylation is 2. The molecule has 0 bridgehead atoms. The number of hydrogen-bond donors (Lipinski definition) is 0. The van der Waals surface area contributed by atoms with Crippen molar-refractivity contribution in [1.82, 2.24) is 0 Å². The van der Waals surface area contributed by atoms with Crippen LogP contribution in [-0.4, -0.2) is 29.0 Å². The summed E-state index contributed by atoms with van der Waals surface area (Å²) in [5.74, 6) is 2.63. The lowest BCUT2D eigenvalue weighted by Gasteiger charge is -2.36. The van der Waals surface area contributed by atoms with Gasteiger partial charge in [-0.1, -0.05) is 186 Å². The molecule has 2 atom stereocenters. The van der Waals surface area contributed by atoms with Gasteiger partial charge in [0.25, 0.3) is 0 Å². The van der Waals surface area contributed by atoms with Crippen molar-refractivity contribution in [1.29, 1.82) is 0 Å². The number of anilines is 1. The van der Waals surface area contributed by atoms with E-state index in [1.54, 1.807) is 0 Å². The molecule has 7 aromatic carbocycles. The van der Waals surface area contributed by atoms with Crippen LogP contribution in [0.5, 0.6) is 0 Å². The second-order valence-electron chi connectivity index (χ2n) is 19.0. The van der Waals surface area contributed by atoms with Crippen LogP contribution in [0.3, 0.4) is 0 Å². The molecule has 2 nitrogen and oxygen atoms in total. The molecule has 0 saturated carbocycles. The van der Waals surface area contributed by atoms with Crippen molar-refractivity contribution >= 4 is 68.1 Å². The van der Waals surface area contributed by atoms with E-state index in [9.17, 15) is 0 Å². The fraction of sp³-hybridized carbons (Fsp3) is 0.277. The Morgan fingerprint density at radius 2 is 1.07 bits per heavy atom. The summed E-state index contributed by atoms with van der Waals surface area (Å²) in [6.45, 7) is 6.85. The van der Waals surface area contributed by atoms with Gasteiger partial charge in [0.05, 0.1) is 11.4 Å². The fourth-order valence-corrected chi connectivity index (χ4v) is 12.8. The minimum absolute atomic E-state index is 0.0216. The molecule has 1 fully saturated rings. The van der Waals surface area contributed by atoms with E-state index in [0.29, 0.717) is 5.92 Å². The number of allylic oxidation sites excluding steroid dienone is 4. The number of hydrogen-bond acceptors (Lipinski definition) is 4. The predicted octanol–water partition coefficient (Wildman–Crippen LogP) is 19.4. The van der Waals surface area contributed by atoms with E-state index in [0.717, 1.165) is 41.5 Å². The Hall–Kier alpha value is -5.08. The number of aliphatic imine (C=N–C) groups is 1. The molecule has 7 aromatic rings. The van der Waals surface area contributed by atoms with E-state index in [4.69, 9.17) is 4.99 Å². The van der Waals surface area contributed by atoms with Crippen LogP contribution >= 0.6 is 46.1 Å². The minimum atomic E-state index is -0.0216. The maximum absolute atomic E-state index is 6.04. The highest BCUT2D eigenvalue weighted by Gasteiger charge is 2.31. The Bertz CT molecular complexity index is 2920. The average Bonchev–Trinajstić information content (AvgIpc) is 3.42. The largest absolute Gasteiger partial charge is 0.356 e. The number of benzene rings is 7. The van der Waals surface area contributed by atoms with Crippen LogP contribution in [0.4, 0.5) is 11.4 Å². The first kappa shape index (κ1) is 49.9. The third-order valence-electron chi connectivity index (χ3n) is 13.9. The van der Waals surface area contributed by atoms with Gasteiger partial charge in [0.1, 0.15) is 10.4 Å². The summed E-state index contributed by atoms with van der Waals surface area (Å²) in [5, 5.41) is 1.13. The van der Waals surface area contributed by atoms with Gasteiger partial charge in [-0.05, 0) is 159 Å². The highest BCUT2D eigenvalue weighted by Crippen LogP contribution is 2.48. The van der Waals surface area contributed by atoms with Gasteiger partial charge in [0, 0.05) is 44.4 Å². The number of halogens is 1. The van der Waals surface area contributed by atoms with Crippen LogP contribution in [0.15, 0.2) is 181 Å². The van der Waals surface area contributed by atoms with Crippen molar-refractivity contribution in [3.8, 4) is 55.6 Å². The molecule has 70 heavy (non-hydrogen) atoms. The van der Waals surface area contributed by atoms with Crippen molar-refractivity contribution in [2.75, 3.05) is 23.5 Å². The van der Waals surface area contributed by atoms with Gasteiger partial charge in [-0.2, -0.15) is 0 Å². The van der Waals surface area contributed by atoms with Crippen molar-refractivity contribution in [3.05, 3.63) is 196 Å². The van der Waals surface area contributed by atoms with E-state index < -0.39 is 0 Å². The van der Waals surface area contributed by atoms with Gasteiger partial charge in [-0.15, -0.1) is 23.5 Å². The molecule has 1 aliphatic carbocycles. The average molecular weight is 1070 g/mol. The second kappa shape index (κ2) is 24.4. The molecular weight excluding hydrogens is 1000 g/mol. The Morgan fingerprint density at radius 1 is 0.557 bits per heavy atom. The smallest absolute Gasteiger partial charge is 0.124 e. The summed E-state index contributed by atoms with van der Waals surface area (Å²) in [6.07, 6.45) is 19.1. The van der Waals surface area contributed by atoms with Crippen LogP contribution in [0.1, 0.15) is 88.8 Å². The predicted molar refractivity (Wildman–Crippen MR) is 319 cm³/mol. The summed E-state index contributed by atoms with van der Waals surface area (Å²) in [7, 11) is 2.32. The summed E-state index contributed by atoms with van der Waals surface area (Å²) in [5.41, 5.74) is 19.7. The fourth-order valence-electron chi connectivity index (χ4n) is 9.92. The molecular formula is C65H67IN2S2. The van der Waals surface area contributed by atoms with Crippen molar-refractivity contribution in [3.63, 3.8) is 0 Å². The summed E-state index contributed by atoms with van der Waals surface area (Å²) >= 11 is 6.39. The molecule has 0 aromatic heterocycles. The van der Waals surface area contributed by atoms with Gasteiger partial charge < -0.3 is 4.90 Å². The van der Waals surface area contributed by atoms with Gasteiger partial charge in [0.2, 0.25) is 0 Å². The molecule has 0 spiro atoms. The lowest BCUT2D eigenvalue weighted by molar-refractivity contribution is 0.559. The van der Waals surface area contributed by atoms with E-state index in [-0.39, 0.29) is 5.37 Å². The van der Waals surface area contributed by atoms with E-state index in [1.165, 1.54) is 132 Å². The molecule has 0 amide bonds. The Morgan fingerprint density at radius 3 is 1.60 bits per heavy atom. The molecule has 1 saturated heterocycles. The van der Waals surface area contributed by atoms with Crippen LogP contribution in [0.2, 0.25) is 0 Å². The molecule has 0 radical (unpaired) electrons. The van der Waals surface area contributed by atoms with Crippen LogP contribution in [0, 0.1) is 9.49 Å². The minimum Gasteiger partial charge on any atom is -0.356 e. The number of rotatable bonds is 18. The van der Waals surface area contributed by atoms with Crippen LogP contribution in [0.25, 0.3) is 61.2 Å². The molecule has 2 aliphatic rings. The molecule has 9 rings (SSSR count). The van der Waals surface area contributed by atoms with Crippen molar-refractivity contribution in [2.45, 2.75) is 90.4 Å². The quantitative estimate of drug-likeness (QED) is 0.0797. The highest BCUT2D eigenvalue weighted by molar-refractivity contribution is 14.1. The lowest BCUT2D eigenvalue weighted by atomic mass is 9.86. The third-order valence-corrected chi connectivity index (χ3v) is 17.4. The standard InChI is InChI=1S/C65H67IN2S2/c1-5-8-17-46-24-30-51(31-25-46)58-42-55(49-20-13-11-14-21-49)43-59(52-32-26-47(27-33-52)18-9-6-2)62(58)67-64-65(70-41-40-69-64)68(4)63-60(53-34-28-48(29-35-53)19-10-7-3)44-56(50-22-15-12-16-23-50)45-61(63)54-36-38-57(66)39-37-54/h11-16,20-26,28-39,42-45,47,65H,5-10,17-19,27,40-41H2,1-4H3. The first-order valence-electron chi connectivity index (χ1n) is 25.8. The summed E-state index contributed by atoms with van der Waals surface area (Å²) in [6, 6.07) is 59.5. The van der Waals surface area contributed by atoms with Gasteiger partial charge in [-0.3, -0.25) is 0 Å². The first-order valence-corrected chi connectivity index (χ1v) is 28.9. The molecule has 1 heterocycles. The Kier molecular flexibility index (Phi) is 17.4. The van der Waals surface area contributed by atoms with Crippen molar-refractivity contribution < 1.29 is 0 Å². The van der Waals surface area contributed by atoms with Gasteiger partial charge in [0.15, 0.2) is 0 Å². The van der Waals surface area contributed by atoms with Crippen molar-refractivity contribution in [2.24, 2.45) is 10.9 Å². The monoisotopic (exact) mass is 1070 g/mol. The molecule has 1 aliphatic heterocycles. The second-order valence-corrected chi connectivity index (χ2v) is 22.5. The summed E-state index contributed by atoms with van der Waals surface area (Å²) < 4.78 is 1.23. The number of nitrogens with zero attached hydrogens (tertiary/aromatic N) is 2. The topological polar surface area (TPSA) is 15.6 Å². The maximum Gasteiger partial charge on any atom is 0.124 e. The molecule has 0 N–H and O–H groups in total. The first-order chi connectivity index (χ1) is 34.4. The van der Waals surface area contributed by atoms with E-state index >= 15 is 0 Å². The third kappa shape index (κ3) is 12.0. The molecule has 2 unspecified atom stereocenters. The molecule has 5 heteroatoms. The lowest BCUT2D eigenvalue weighted by Crippen LogP contribution is -2.38. The van der Waals surface area contributed by atoms with E-state index in [1.807, 2.05) is 23.5 Å². The zero-order valence-electron chi connectivity index (χ0n) is 41.5. The number of thioether (sulfide) groups is 2. The zero-order valence-corrected chi connectivity index (χ0v) is 45.3. The normalized spacial score (nSPS) is 16.4. The van der Waals surface area contributed by atoms with Gasteiger partial charge in [-0.25, -0.2) is 4.99 Å². The van der Waals surface area contributed by atoms with E-state index in [2.05, 4.69) is 231 Å². The highest BCUT2D eigenvalue weighted by atomic mass is 127. The Balaban J connectivity index is 1.24. The summed E-state index contributed by atoms with van der Waals surface area (Å²) in [4.78, 5) is 8.60. The van der Waals surface area contributed by atoms with Gasteiger partial charge >= 0.3 is 0 Å². The maximum atomic E-state index is 6.04.